The Kier molecular flexibility index (Phi) is 3.45. The van der Waals surface area contributed by atoms with Crippen LogP contribution in [0.1, 0.15) is 29.6 Å². The first-order chi connectivity index (χ1) is 7.58. The quantitative estimate of drug-likeness (QED) is 0.781. The second kappa shape index (κ2) is 4.68. The van der Waals surface area contributed by atoms with Crippen LogP contribution in [0, 0.1) is 5.92 Å². The molecule has 0 bridgehead atoms. The molecule has 0 aliphatic heterocycles. The molecule has 4 heteroatoms. The second-order valence-electron chi connectivity index (χ2n) is 3.97. The van der Waals surface area contributed by atoms with Crippen molar-refractivity contribution in [3.8, 4) is 0 Å². The van der Waals surface area contributed by atoms with Crippen molar-refractivity contribution in [2.75, 3.05) is 0 Å². The molecule has 0 spiro atoms. The van der Waals surface area contributed by atoms with Crippen molar-refractivity contribution in [1.29, 1.82) is 0 Å². The molecule has 0 amide bonds. The average molecular weight is 302 g/mol. The van der Waals surface area contributed by atoms with Crippen molar-refractivity contribution in [2.24, 2.45) is 5.92 Å². The summed E-state index contributed by atoms with van der Waals surface area (Å²) in [5.41, 5.74) is 0.518. The number of ketones is 2. The molecule has 1 aliphatic carbocycles. The molecule has 1 saturated carbocycles. The molecule has 1 aromatic rings. The Bertz CT molecular complexity index is 456. The molecule has 0 heterocycles. The fraction of sp³-hybridized carbons (Fsp3) is 0.333. The summed E-state index contributed by atoms with van der Waals surface area (Å²) >= 11 is 9.29. The van der Waals surface area contributed by atoms with Crippen molar-refractivity contribution >= 4 is 39.1 Å². The molecule has 2 nitrogen and oxygen atoms in total. The molecular weight excluding hydrogens is 291 g/mol. The van der Waals surface area contributed by atoms with Crippen LogP contribution in [-0.4, -0.2) is 11.6 Å². The molecule has 0 aromatic heterocycles. The fourth-order valence-corrected chi connectivity index (χ4v) is 2.71. The van der Waals surface area contributed by atoms with Gasteiger partial charge >= 0.3 is 0 Å². The summed E-state index contributed by atoms with van der Waals surface area (Å²) in [5, 5.41) is 0.443. The number of carbonyl (C=O) groups excluding carboxylic acids is 2. The summed E-state index contributed by atoms with van der Waals surface area (Å²) < 4.78 is 0.844. The van der Waals surface area contributed by atoms with Crippen LogP contribution in [0.4, 0.5) is 0 Å². The van der Waals surface area contributed by atoms with Crippen LogP contribution in [0.3, 0.4) is 0 Å². The Morgan fingerprint density at radius 2 is 2.19 bits per heavy atom. The van der Waals surface area contributed by atoms with Crippen LogP contribution in [0.5, 0.6) is 0 Å². The van der Waals surface area contributed by atoms with Gasteiger partial charge < -0.3 is 0 Å². The van der Waals surface area contributed by atoms with Crippen molar-refractivity contribution in [2.45, 2.75) is 19.3 Å². The van der Waals surface area contributed by atoms with Gasteiger partial charge in [0.2, 0.25) is 0 Å². The first kappa shape index (κ1) is 11.8. The second-order valence-corrected chi connectivity index (χ2v) is 5.29. The van der Waals surface area contributed by atoms with Crippen molar-refractivity contribution in [3.63, 3.8) is 0 Å². The van der Waals surface area contributed by atoms with Gasteiger partial charge in [0.05, 0.1) is 5.02 Å². The van der Waals surface area contributed by atoms with Gasteiger partial charge in [-0.1, -0.05) is 27.5 Å². The lowest BCUT2D eigenvalue weighted by molar-refractivity contribution is -0.117. The van der Waals surface area contributed by atoms with E-state index < -0.39 is 0 Å². The third kappa shape index (κ3) is 2.36. The standard InChI is InChI=1S/C12H10BrClO2/c13-8-2-4-10(11(14)6-8)12(16)7-1-3-9(15)5-7/h2,4,6-7H,1,3,5H2. The van der Waals surface area contributed by atoms with Crippen LogP contribution >= 0.6 is 27.5 Å². The van der Waals surface area contributed by atoms with E-state index in [1.54, 1.807) is 18.2 Å². The molecular formula is C12H10BrClO2. The molecule has 1 aliphatic rings. The largest absolute Gasteiger partial charge is 0.300 e. The summed E-state index contributed by atoms with van der Waals surface area (Å²) in [4.78, 5) is 23.2. The maximum absolute atomic E-state index is 12.1. The number of carbonyl (C=O) groups is 2. The Hall–Kier alpha value is -0.670. The predicted octanol–water partition coefficient (Wildman–Crippen LogP) is 3.65. The average Bonchev–Trinajstić information content (AvgIpc) is 2.64. The lowest BCUT2D eigenvalue weighted by Crippen LogP contribution is -2.12. The molecule has 1 aromatic carbocycles. The van der Waals surface area contributed by atoms with Gasteiger partial charge in [-0.15, -0.1) is 0 Å². The normalized spacial score (nSPS) is 20.1. The Balaban J connectivity index is 2.24. The lowest BCUT2D eigenvalue weighted by Gasteiger charge is -2.08. The van der Waals surface area contributed by atoms with E-state index in [-0.39, 0.29) is 17.5 Å². The summed E-state index contributed by atoms with van der Waals surface area (Å²) in [6, 6.07) is 5.19. The Labute approximate surface area is 107 Å². The minimum atomic E-state index is -0.175. The fourth-order valence-electron chi connectivity index (χ4n) is 1.95. The maximum atomic E-state index is 12.1. The van der Waals surface area contributed by atoms with Crippen LogP contribution in [-0.2, 0) is 4.79 Å². The summed E-state index contributed by atoms with van der Waals surface area (Å²) in [7, 11) is 0. The van der Waals surface area contributed by atoms with Gasteiger partial charge in [0, 0.05) is 28.8 Å². The van der Waals surface area contributed by atoms with E-state index >= 15 is 0 Å². The third-order valence-corrected chi connectivity index (χ3v) is 3.62. The number of halogens is 2. The SMILES string of the molecule is O=C1CCC(C(=O)c2ccc(Br)cc2Cl)C1. The number of benzene rings is 1. The molecule has 1 unspecified atom stereocenters. The highest BCUT2D eigenvalue weighted by Gasteiger charge is 2.29. The first-order valence-electron chi connectivity index (χ1n) is 5.09. The monoisotopic (exact) mass is 300 g/mol. The Morgan fingerprint density at radius 1 is 1.44 bits per heavy atom. The lowest BCUT2D eigenvalue weighted by atomic mass is 9.96. The highest BCUT2D eigenvalue weighted by atomic mass is 79.9. The minimum Gasteiger partial charge on any atom is -0.300 e. The molecule has 0 saturated heterocycles. The van der Waals surface area contributed by atoms with Crippen LogP contribution in [0.2, 0.25) is 5.02 Å². The molecule has 0 radical (unpaired) electrons. The highest BCUT2D eigenvalue weighted by Crippen LogP contribution is 2.29. The molecule has 1 atom stereocenters. The smallest absolute Gasteiger partial charge is 0.167 e. The van der Waals surface area contributed by atoms with Crippen LogP contribution in [0.25, 0.3) is 0 Å². The number of hydrogen-bond acceptors (Lipinski definition) is 2. The zero-order chi connectivity index (χ0) is 11.7. The van der Waals surface area contributed by atoms with Gasteiger partial charge in [0.25, 0.3) is 0 Å². The number of hydrogen-bond donors (Lipinski definition) is 0. The first-order valence-corrected chi connectivity index (χ1v) is 6.26. The van der Waals surface area contributed by atoms with Crippen LogP contribution < -0.4 is 0 Å². The summed E-state index contributed by atoms with van der Waals surface area (Å²) in [6.45, 7) is 0. The van der Waals surface area contributed by atoms with E-state index in [0.29, 0.717) is 29.8 Å². The number of rotatable bonds is 2. The van der Waals surface area contributed by atoms with Crippen LogP contribution in [0.15, 0.2) is 22.7 Å². The zero-order valence-corrected chi connectivity index (χ0v) is 10.8. The molecule has 0 N–H and O–H groups in total. The summed E-state index contributed by atoms with van der Waals surface area (Å²) in [5.74, 6) is -0.0129. The van der Waals surface area contributed by atoms with Crippen molar-refractivity contribution in [1.82, 2.24) is 0 Å². The van der Waals surface area contributed by atoms with Crippen molar-refractivity contribution < 1.29 is 9.59 Å². The van der Waals surface area contributed by atoms with Gasteiger partial charge in [-0.25, -0.2) is 0 Å². The van der Waals surface area contributed by atoms with E-state index in [1.165, 1.54) is 0 Å². The van der Waals surface area contributed by atoms with E-state index in [1.807, 2.05) is 0 Å². The third-order valence-electron chi connectivity index (χ3n) is 2.81. The number of Topliss-reactive ketones (excluding diaryl/α,β-unsaturated/α-hetero) is 2. The maximum Gasteiger partial charge on any atom is 0.167 e. The van der Waals surface area contributed by atoms with Gasteiger partial charge in [0.15, 0.2) is 5.78 Å². The molecule has 16 heavy (non-hydrogen) atoms. The van der Waals surface area contributed by atoms with Gasteiger partial charge in [-0.05, 0) is 24.6 Å². The van der Waals surface area contributed by atoms with E-state index in [2.05, 4.69) is 15.9 Å². The minimum absolute atomic E-state index is 0.0108. The van der Waals surface area contributed by atoms with E-state index in [0.717, 1.165) is 4.47 Å². The molecule has 1 fully saturated rings. The van der Waals surface area contributed by atoms with Gasteiger partial charge in [-0.2, -0.15) is 0 Å². The summed E-state index contributed by atoms with van der Waals surface area (Å²) in [6.07, 6.45) is 1.54. The molecule has 2 rings (SSSR count). The van der Waals surface area contributed by atoms with E-state index in [9.17, 15) is 9.59 Å². The van der Waals surface area contributed by atoms with Crippen molar-refractivity contribution in [3.05, 3.63) is 33.3 Å². The zero-order valence-electron chi connectivity index (χ0n) is 8.50. The topological polar surface area (TPSA) is 34.1 Å². The highest BCUT2D eigenvalue weighted by molar-refractivity contribution is 9.10. The van der Waals surface area contributed by atoms with Gasteiger partial charge in [-0.3, -0.25) is 9.59 Å². The van der Waals surface area contributed by atoms with Gasteiger partial charge in [0.1, 0.15) is 5.78 Å². The van der Waals surface area contributed by atoms with E-state index in [4.69, 9.17) is 11.6 Å². The predicted molar refractivity (Wildman–Crippen MR) is 65.8 cm³/mol. The Morgan fingerprint density at radius 3 is 2.75 bits per heavy atom. The molecule has 84 valence electrons.